The first kappa shape index (κ1) is 24.2. The highest BCUT2D eigenvalue weighted by Gasteiger charge is 2.36. The van der Waals surface area contributed by atoms with Crippen molar-refractivity contribution in [3.63, 3.8) is 0 Å². The molecule has 11 heteroatoms. The van der Waals surface area contributed by atoms with Gasteiger partial charge < -0.3 is 32.1 Å². The number of aliphatic carboxylic acids is 1. The van der Waals surface area contributed by atoms with Crippen molar-refractivity contribution in [2.45, 2.75) is 63.2 Å². The van der Waals surface area contributed by atoms with E-state index in [0.29, 0.717) is 38.8 Å². The van der Waals surface area contributed by atoms with Gasteiger partial charge in [0.2, 0.25) is 17.7 Å². The molecule has 1 rings (SSSR count). The predicted octanol–water partition coefficient (Wildman–Crippen LogP) is -1.56. The number of carboxylic acids is 1. The third kappa shape index (κ3) is 6.95. The van der Waals surface area contributed by atoms with Gasteiger partial charge in [-0.1, -0.05) is 0 Å². The van der Waals surface area contributed by atoms with E-state index in [4.69, 9.17) is 11.5 Å². The van der Waals surface area contributed by atoms with E-state index in [0.717, 1.165) is 0 Å². The average molecular weight is 418 g/mol. The lowest BCUT2D eigenvalue weighted by Gasteiger charge is -2.27. The largest absolute Gasteiger partial charge is 0.480 e. The molecular formula is C17H31N5O5S. The van der Waals surface area contributed by atoms with Gasteiger partial charge in [-0.25, -0.2) is 4.79 Å². The monoisotopic (exact) mass is 417 g/mol. The molecule has 0 saturated carbocycles. The van der Waals surface area contributed by atoms with Crippen LogP contribution in [0.3, 0.4) is 0 Å². The van der Waals surface area contributed by atoms with Crippen LogP contribution in [-0.4, -0.2) is 76.7 Å². The standard InChI is InChI=1S/C17H31N5O5S/c1-10(14(23)21-12(17(26)27)5-2-3-7-18)20-15(24)13-6-4-8-22(13)16(25)11(19)9-28/h10-13,28H,2-9,18-19H2,1H3,(H,20,24)(H,21,23)(H,26,27). The highest BCUT2D eigenvalue weighted by molar-refractivity contribution is 7.80. The number of nitrogens with zero attached hydrogens (tertiary/aromatic N) is 1. The first-order valence-electron chi connectivity index (χ1n) is 9.43. The van der Waals surface area contributed by atoms with Gasteiger partial charge >= 0.3 is 5.97 Å². The van der Waals surface area contributed by atoms with E-state index < -0.39 is 42.0 Å². The zero-order valence-corrected chi connectivity index (χ0v) is 17.0. The predicted molar refractivity (Wildman–Crippen MR) is 107 cm³/mol. The fourth-order valence-electron chi connectivity index (χ4n) is 3.02. The second kappa shape index (κ2) is 11.9. The lowest BCUT2D eigenvalue weighted by molar-refractivity contribution is -0.143. The summed E-state index contributed by atoms with van der Waals surface area (Å²) in [7, 11) is 0. The highest BCUT2D eigenvalue weighted by Crippen LogP contribution is 2.18. The number of likely N-dealkylation sites (tertiary alicyclic amines) is 1. The molecule has 0 radical (unpaired) electrons. The Hall–Kier alpha value is -1.85. The Bertz CT molecular complexity index is 576. The van der Waals surface area contributed by atoms with Gasteiger partial charge in [0, 0.05) is 12.3 Å². The highest BCUT2D eigenvalue weighted by atomic mass is 32.1. The van der Waals surface area contributed by atoms with Crippen molar-refractivity contribution in [1.82, 2.24) is 15.5 Å². The van der Waals surface area contributed by atoms with Crippen molar-refractivity contribution in [3.05, 3.63) is 0 Å². The van der Waals surface area contributed by atoms with Gasteiger partial charge in [-0.3, -0.25) is 14.4 Å². The lowest BCUT2D eigenvalue weighted by atomic mass is 10.1. The van der Waals surface area contributed by atoms with E-state index in [1.807, 2.05) is 0 Å². The number of rotatable bonds is 11. The Kier molecular flexibility index (Phi) is 10.3. The van der Waals surface area contributed by atoms with Crippen molar-refractivity contribution < 1.29 is 24.3 Å². The van der Waals surface area contributed by atoms with Gasteiger partial charge in [0.15, 0.2) is 0 Å². The van der Waals surface area contributed by atoms with E-state index in [9.17, 15) is 24.3 Å². The molecule has 0 bridgehead atoms. The molecule has 1 saturated heterocycles. The van der Waals surface area contributed by atoms with Crippen LogP contribution >= 0.6 is 12.6 Å². The number of unbranched alkanes of at least 4 members (excludes halogenated alkanes) is 1. The SMILES string of the molecule is CC(NC(=O)C1CCCN1C(=O)C(N)CS)C(=O)NC(CCCCN)C(=O)O. The summed E-state index contributed by atoms with van der Waals surface area (Å²) < 4.78 is 0. The molecule has 0 spiro atoms. The van der Waals surface area contributed by atoms with Crippen molar-refractivity contribution in [3.8, 4) is 0 Å². The van der Waals surface area contributed by atoms with Crippen LogP contribution in [0.4, 0.5) is 0 Å². The fraction of sp³-hybridized carbons (Fsp3) is 0.765. The Morgan fingerprint density at radius 1 is 1.25 bits per heavy atom. The number of nitrogens with one attached hydrogen (secondary N) is 2. The van der Waals surface area contributed by atoms with Gasteiger partial charge in [0.25, 0.3) is 0 Å². The summed E-state index contributed by atoms with van der Waals surface area (Å²) in [6.45, 7) is 2.33. The summed E-state index contributed by atoms with van der Waals surface area (Å²) in [5.74, 6) is -2.39. The van der Waals surface area contributed by atoms with Crippen LogP contribution in [0.5, 0.6) is 0 Å². The van der Waals surface area contributed by atoms with Gasteiger partial charge in [-0.2, -0.15) is 12.6 Å². The summed E-state index contributed by atoms with van der Waals surface area (Å²) in [5, 5.41) is 14.2. The molecule has 160 valence electrons. The van der Waals surface area contributed by atoms with Crippen LogP contribution in [-0.2, 0) is 19.2 Å². The van der Waals surface area contributed by atoms with Crippen molar-refractivity contribution >= 4 is 36.3 Å². The third-order valence-electron chi connectivity index (χ3n) is 4.67. The van der Waals surface area contributed by atoms with Crippen LogP contribution < -0.4 is 22.1 Å². The number of carbonyl (C=O) groups is 4. The Labute approximate surface area is 170 Å². The van der Waals surface area contributed by atoms with E-state index in [-0.39, 0.29) is 18.1 Å². The smallest absolute Gasteiger partial charge is 0.326 e. The molecule has 1 aliphatic rings. The summed E-state index contributed by atoms with van der Waals surface area (Å²) in [4.78, 5) is 49.8. The maximum absolute atomic E-state index is 12.5. The molecule has 28 heavy (non-hydrogen) atoms. The molecule has 7 N–H and O–H groups in total. The zero-order chi connectivity index (χ0) is 21.3. The first-order valence-corrected chi connectivity index (χ1v) is 10.1. The van der Waals surface area contributed by atoms with Gasteiger partial charge in [0.05, 0.1) is 6.04 Å². The molecule has 0 aromatic carbocycles. The Morgan fingerprint density at radius 3 is 2.50 bits per heavy atom. The van der Waals surface area contributed by atoms with E-state index in [1.54, 1.807) is 0 Å². The molecule has 0 aliphatic carbocycles. The summed E-state index contributed by atoms with van der Waals surface area (Å²) in [6, 6.07) is -3.48. The van der Waals surface area contributed by atoms with Crippen LogP contribution in [0, 0.1) is 0 Å². The molecular weight excluding hydrogens is 386 g/mol. The topological polar surface area (TPSA) is 168 Å². The second-order valence-electron chi connectivity index (χ2n) is 6.89. The molecule has 0 aromatic heterocycles. The molecule has 10 nitrogen and oxygen atoms in total. The van der Waals surface area contributed by atoms with Gasteiger partial charge in [0.1, 0.15) is 18.1 Å². The number of thiol groups is 1. The molecule has 0 aromatic rings. The number of hydrogen-bond donors (Lipinski definition) is 6. The molecule has 4 atom stereocenters. The Morgan fingerprint density at radius 2 is 1.93 bits per heavy atom. The molecule has 1 aliphatic heterocycles. The van der Waals surface area contributed by atoms with E-state index in [1.165, 1.54) is 11.8 Å². The minimum atomic E-state index is -1.14. The molecule has 1 heterocycles. The average Bonchev–Trinajstić information content (AvgIpc) is 3.15. The number of nitrogens with two attached hydrogens (primary N) is 2. The van der Waals surface area contributed by atoms with Crippen molar-refractivity contribution in [1.29, 1.82) is 0 Å². The summed E-state index contributed by atoms with van der Waals surface area (Å²) in [6.07, 6.45) is 2.62. The molecule has 3 amide bonds. The number of carbonyl (C=O) groups excluding carboxylic acids is 3. The van der Waals surface area contributed by atoms with Gasteiger partial charge in [-0.05, 0) is 45.6 Å². The lowest BCUT2D eigenvalue weighted by Crippen LogP contribution is -2.56. The quantitative estimate of drug-likeness (QED) is 0.174. The molecule has 4 unspecified atom stereocenters. The summed E-state index contributed by atoms with van der Waals surface area (Å²) >= 11 is 4.01. The van der Waals surface area contributed by atoms with E-state index in [2.05, 4.69) is 23.3 Å². The van der Waals surface area contributed by atoms with Crippen LogP contribution in [0.2, 0.25) is 0 Å². The number of hydrogen-bond acceptors (Lipinski definition) is 7. The zero-order valence-electron chi connectivity index (χ0n) is 16.1. The van der Waals surface area contributed by atoms with Crippen LogP contribution in [0.25, 0.3) is 0 Å². The maximum atomic E-state index is 12.5. The normalized spacial score (nSPS) is 19.6. The third-order valence-corrected chi connectivity index (χ3v) is 5.06. The maximum Gasteiger partial charge on any atom is 0.326 e. The van der Waals surface area contributed by atoms with Gasteiger partial charge in [-0.15, -0.1) is 0 Å². The summed E-state index contributed by atoms with van der Waals surface area (Å²) in [5.41, 5.74) is 11.1. The minimum absolute atomic E-state index is 0.170. The van der Waals surface area contributed by atoms with E-state index >= 15 is 0 Å². The minimum Gasteiger partial charge on any atom is -0.480 e. The van der Waals surface area contributed by atoms with Crippen LogP contribution in [0.15, 0.2) is 0 Å². The Balaban J connectivity index is 2.63. The van der Waals surface area contributed by atoms with Crippen LogP contribution in [0.1, 0.15) is 39.0 Å². The first-order chi connectivity index (χ1) is 13.2. The molecule has 1 fully saturated rings. The fourth-order valence-corrected chi connectivity index (χ4v) is 3.17. The number of amides is 3. The van der Waals surface area contributed by atoms with Crippen molar-refractivity contribution in [2.75, 3.05) is 18.8 Å². The van der Waals surface area contributed by atoms with Crippen molar-refractivity contribution in [2.24, 2.45) is 11.5 Å². The number of carboxylic acid groups (broad SMARTS) is 1. The second-order valence-corrected chi connectivity index (χ2v) is 7.26.